The molecule has 1 aliphatic rings. The van der Waals surface area contributed by atoms with Crippen molar-refractivity contribution in [1.29, 1.82) is 0 Å². The van der Waals surface area contributed by atoms with Gasteiger partial charge in [-0.2, -0.15) is 5.10 Å². The third-order valence-electron chi connectivity index (χ3n) is 3.02. The Morgan fingerprint density at radius 2 is 1.94 bits per heavy atom. The zero-order valence-corrected chi connectivity index (χ0v) is 8.70. The number of aromatic amines is 1. The molecule has 0 aliphatic carbocycles. The van der Waals surface area contributed by atoms with Crippen LogP contribution in [0.3, 0.4) is 0 Å². The maximum absolute atomic E-state index is 12.8. The molecule has 3 rings (SSSR count). The number of halogens is 1. The Morgan fingerprint density at radius 3 is 2.56 bits per heavy atom. The van der Waals surface area contributed by atoms with Crippen LogP contribution in [0.2, 0.25) is 0 Å². The number of rotatable bonds is 2. The van der Waals surface area contributed by atoms with Gasteiger partial charge in [0, 0.05) is 30.1 Å². The summed E-state index contributed by atoms with van der Waals surface area (Å²) in [6.45, 7) is 1.99. The fourth-order valence-corrected chi connectivity index (χ4v) is 1.96. The monoisotopic (exact) mass is 217 g/mol. The summed E-state index contributed by atoms with van der Waals surface area (Å²) < 4.78 is 12.8. The second kappa shape index (κ2) is 3.72. The molecule has 0 radical (unpaired) electrons. The number of hydrogen-bond acceptors (Lipinski definition) is 2. The van der Waals surface area contributed by atoms with Gasteiger partial charge in [0.15, 0.2) is 0 Å². The van der Waals surface area contributed by atoms with Crippen LogP contribution < -0.4 is 5.32 Å². The minimum atomic E-state index is -0.213. The van der Waals surface area contributed by atoms with E-state index in [2.05, 4.69) is 15.5 Å². The molecule has 0 spiro atoms. The van der Waals surface area contributed by atoms with Crippen LogP contribution in [0.15, 0.2) is 30.5 Å². The first kappa shape index (κ1) is 9.54. The van der Waals surface area contributed by atoms with Crippen LogP contribution in [0.25, 0.3) is 11.3 Å². The van der Waals surface area contributed by atoms with E-state index in [-0.39, 0.29) is 5.82 Å². The second-order valence-electron chi connectivity index (χ2n) is 4.06. The summed E-state index contributed by atoms with van der Waals surface area (Å²) in [7, 11) is 0. The van der Waals surface area contributed by atoms with Gasteiger partial charge in [-0.25, -0.2) is 4.39 Å². The molecule has 0 amide bonds. The minimum absolute atomic E-state index is 0.213. The van der Waals surface area contributed by atoms with Gasteiger partial charge in [0.05, 0.1) is 11.9 Å². The van der Waals surface area contributed by atoms with Crippen molar-refractivity contribution < 1.29 is 4.39 Å². The summed E-state index contributed by atoms with van der Waals surface area (Å²) in [6, 6.07) is 6.49. The summed E-state index contributed by atoms with van der Waals surface area (Å²) in [5.41, 5.74) is 3.21. The van der Waals surface area contributed by atoms with Gasteiger partial charge in [-0.3, -0.25) is 5.10 Å². The van der Waals surface area contributed by atoms with Gasteiger partial charge in [-0.1, -0.05) is 0 Å². The lowest BCUT2D eigenvalue weighted by molar-refractivity contribution is 0.449. The van der Waals surface area contributed by atoms with E-state index in [1.807, 2.05) is 6.20 Å². The number of hydrogen-bond donors (Lipinski definition) is 2. The van der Waals surface area contributed by atoms with Crippen LogP contribution in [0.1, 0.15) is 11.5 Å². The predicted octanol–water partition coefficient (Wildman–Crippen LogP) is 1.90. The van der Waals surface area contributed by atoms with Crippen LogP contribution >= 0.6 is 0 Å². The molecule has 1 aromatic heterocycles. The van der Waals surface area contributed by atoms with Gasteiger partial charge in [0.1, 0.15) is 5.82 Å². The Kier molecular flexibility index (Phi) is 2.22. The number of nitrogens with one attached hydrogen (secondary N) is 2. The first-order chi connectivity index (χ1) is 7.84. The molecule has 0 saturated carbocycles. The predicted molar refractivity (Wildman–Crippen MR) is 59.6 cm³/mol. The smallest absolute Gasteiger partial charge is 0.123 e. The summed E-state index contributed by atoms with van der Waals surface area (Å²) >= 11 is 0. The van der Waals surface area contributed by atoms with Crippen molar-refractivity contribution in [3.63, 3.8) is 0 Å². The van der Waals surface area contributed by atoms with Crippen molar-refractivity contribution in [2.24, 2.45) is 0 Å². The topological polar surface area (TPSA) is 40.7 Å². The van der Waals surface area contributed by atoms with E-state index in [1.54, 1.807) is 12.1 Å². The first-order valence-corrected chi connectivity index (χ1v) is 5.34. The molecule has 82 valence electrons. The van der Waals surface area contributed by atoms with Crippen LogP contribution in [0.4, 0.5) is 4.39 Å². The highest BCUT2D eigenvalue weighted by molar-refractivity contribution is 5.63. The molecule has 1 fully saturated rings. The molecule has 2 aromatic rings. The van der Waals surface area contributed by atoms with Crippen molar-refractivity contribution in [3.05, 3.63) is 41.8 Å². The fourth-order valence-electron chi connectivity index (χ4n) is 1.96. The Balaban J connectivity index is 1.99. The highest BCUT2D eigenvalue weighted by Gasteiger charge is 2.23. The third kappa shape index (κ3) is 1.51. The lowest BCUT2D eigenvalue weighted by atomic mass is 9.92. The second-order valence-corrected chi connectivity index (χ2v) is 4.06. The summed E-state index contributed by atoms with van der Waals surface area (Å²) in [5, 5.41) is 10.3. The van der Waals surface area contributed by atoms with Gasteiger partial charge in [-0.05, 0) is 24.3 Å². The van der Waals surface area contributed by atoms with Crippen molar-refractivity contribution >= 4 is 0 Å². The molecule has 1 saturated heterocycles. The highest BCUT2D eigenvalue weighted by atomic mass is 19.1. The van der Waals surface area contributed by atoms with Gasteiger partial charge in [0.2, 0.25) is 0 Å². The molecule has 0 bridgehead atoms. The highest BCUT2D eigenvalue weighted by Crippen LogP contribution is 2.29. The maximum atomic E-state index is 12.8. The third-order valence-corrected chi connectivity index (χ3v) is 3.02. The normalized spacial score (nSPS) is 16.1. The van der Waals surface area contributed by atoms with Gasteiger partial charge < -0.3 is 5.32 Å². The van der Waals surface area contributed by atoms with Crippen molar-refractivity contribution in [2.75, 3.05) is 13.1 Å². The molecule has 16 heavy (non-hydrogen) atoms. The van der Waals surface area contributed by atoms with Gasteiger partial charge >= 0.3 is 0 Å². The maximum Gasteiger partial charge on any atom is 0.123 e. The zero-order valence-electron chi connectivity index (χ0n) is 8.70. The molecule has 1 aromatic carbocycles. The van der Waals surface area contributed by atoms with E-state index in [1.165, 1.54) is 17.7 Å². The van der Waals surface area contributed by atoms with E-state index in [0.717, 1.165) is 24.3 Å². The quantitative estimate of drug-likeness (QED) is 0.806. The van der Waals surface area contributed by atoms with Crippen molar-refractivity contribution in [1.82, 2.24) is 15.5 Å². The fraction of sp³-hybridized carbons (Fsp3) is 0.250. The van der Waals surface area contributed by atoms with E-state index in [9.17, 15) is 4.39 Å². The number of nitrogens with zero attached hydrogens (tertiary/aromatic N) is 1. The molecule has 2 N–H and O–H groups in total. The standard InChI is InChI=1S/C12H12FN3/c13-10-3-1-8(2-4-10)12-11(7-15-16-12)9-5-14-6-9/h1-4,7,9,14H,5-6H2,(H,15,16). The minimum Gasteiger partial charge on any atom is -0.315 e. The molecule has 0 atom stereocenters. The average molecular weight is 217 g/mol. The lowest BCUT2D eigenvalue weighted by Crippen LogP contribution is -2.39. The first-order valence-electron chi connectivity index (χ1n) is 5.34. The van der Waals surface area contributed by atoms with Gasteiger partial charge in [0.25, 0.3) is 0 Å². The van der Waals surface area contributed by atoms with Crippen LogP contribution in [0, 0.1) is 5.82 Å². The van der Waals surface area contributed by atoms with E-state index < -0.39 is 0 Å². The van der Waals surface area contributed by atoms with Crippen LogP contribution in [0.5, 0.6) is 0 Å². The Hall–Kier alpha value is -1.68. The number of benzene rings is 1. The Morgan fingerprint density at radius 1 is 1.19 bits per heavy atom. The van der Waals surface area contributed by atoms with E-state index >= 15 is 0 Å². The van der Waals surface area contributed by atoms with Crippen LogP contribution in [-0.4, -0.2) is 23.3 Å². The number of H-pyrrole nitrogens is 1. The van der Waals surface area contributed by atoms with E-state index in [4.69, 9.17) is 0 Å². The number of aromatic nitrogens is 2. The van der Waals surface area contributed by atoms with Crippen molar-refractivity contribution in [3.8, 4) is 11.3 Å². The van der Waals surface area contributed by atoms with Crippen molar-refractivity contribution in [2.45, 2.75) is 5.92 Å². The van der Waals surface area contributed by atoms with E-state index in [0.29, 0.717) is 5.92 Å². The Labute approximate surface area is 92.7 Å². The summed E-state index contributed by atoms with van der Waals surface area (Å²) in [4.78, 5) is 0. The summed E-state index contributed by atoms with van der Waals surface area (Å²) in [6.07, 6.45) is 1.87. The SMILES string of the molecule is Fc1ccc(-c2[nH]ncc2C2CNC2)cc1. The molecule has 1 aliphatic heterocycles. The molecule has 3 nitrogen and oxygen atoms in total. The average Bonchev–Trinajstić information content (AvgIpc) is 2.65. The Bertz CT molecular complexity index is 485. The van der Waals surface area contributed by atoms with Gasteiger partial charge in [-0.15, -0.1) is 0 Å². The molecular weight excluding hydrogens is 205 g/mol. The zero-order chi connectivity index (χ0) is 11.0. The largest absolute Gasteiger partial charge is 0.315 e. The lowest BCUT2D eigenvalue weighted by Gasteiger charge is -2.27. The summed E-state index contributed by atoms with van der Waals surface area (Å²) in [5.74, 6) is 0.314. The molecule has 2 heterocycles. The van der Waals surface area contributed by atoms with Crippen LogP contribution in [-0.2, 0) is 0 Å². The molecule has 4 heteroatoms. The molecule has 0 unspecified atom stereocenters. The molecular formula is C12H12FN3.